The molecule has 0 radical (unpaired) electrons. The number of thiophene rings is 4. The third kappa shape index (κ3) is 10.3. The van der Waals surface area contributed by atoms with E-state index in [1.165, 1.54) is 152 Å². The van der Waals surface area contributed by atoms with Crippen molar-refractivity contribution in [3.05, 3.63) is 35.0 Å². The molecular formula is C52H69IN4O2S5. The summed E-state index contributed by atoms with van der Waals surface area (Å²) in [4.78, 5) is 2.37. The van der Waals surface area contributed by atoms with Crippen LogP contribution in [-0.2, 0) is 13.1 Å². The predicted octanol–water partition coefficient (Wildman–Crippen LogP) is 18.9. The molecule has 0 bridgehead atoms. The summed E-state index contributed by atoms with van der Waals surface area (Å²) in [6.07, 6.45) is 18.9. The summed E-state index contributed by atoms with van der Waals surface area (Å²) in [5, 5.41) is 4.54. The predicted molar refractivity (Wildman–Crippen MR) is 294 cm³/mol. The molecule has 346 valence electrons. The van der Waals surface area contributed by atoms with Crippen molar-refractivity contribution in [1.29, 1.82) is 0 Å². The number of aromatic nitrogens is 4. The number of halogens is 1. The summed E-state index contributed by atoms with van der Waals surface area (Å²) in [5.41, 5.74) is 9.31. The van der Waals surface area contributed by atoms with Crippen LogP contribution in [0.1, 0.15) is 145 Å². The van der Waals surface area contributed by atoms with Gasteiger partial charge in [0.25, 0.3) is 0 Å². The summed E-state index contributed by atoms with van der Waals surface area (Å²) in [6.45, 7) is 19.5. The van der Waals surface area contributed by atoms with Gasteiger partial charge in [-0.2, -0.15) is 8.75 Å². The van der Waals surface area contributed by atoms with E-state index in [9.17, 15) is 0 Å². The van der Waals surface area contributed by atoms with Crippen LogP contribution in [0, 0.1) is 17.8 Å². The molecule has 0 amide bonds. The molecule has 7 aromatic heterocycles. The second kappa shape index (κ2) is 22.7. The Balaban J connectivity index is 1.29. The van der Waals surface area contributed by atoms with Gasteiger partial charge >= 0.3 is 0 Å². The van der Waals surface area contributed by atoms with Crippen molar-refractivity contribution < 1.29 is 9.47 Å². The van der Waals surface area contributed by atoms with Crippen molar-refractivity contribution >= 4 is 132 Å². The molecule has 1 aromatic carbocycles. The van der Waals surface area contributed by atoms with Gasteiger partial charge in [-0.15, -0.1) is 45.3 Å². The zero-order valence-electron chi connectivity index (χ0n) is 39.2. The van der Waals surface area contributed by atoms with Gasteiger partial charge in [0.05, 0.1) is 76.9 Å². The maximum atomic E-state index is 7.31. The highest BCUT2D eigenvalue weighted by molar-refractivity contribution is 14.1. The van der Waals surface area contributed by atoms with E-state index in [0.29, 0.717) is 34.9 Å². The highest BCUT2D eigenvalue weighted by Gasteiger charge is 2.32. The zero-order valence-corrected chi connectivity index (χ0v) is 45.5. The number of benzene rings is 1. The Labute approximate surface area is 415 Å². The van der Waals surface area contributed by atoms with Gasteiger partial charge in [-0.1, -0.05) is 148 Å². The number of alkyl halides is 1. The number of hydrogen-bond acceptors (Lipinski definition) is 9. The lowest BCUT2D eigenvalue weighted by Crippen LogP contribution is -2.13. The molecule has 0 spiro atoms. The maximum absolute atomic E-state index is 7.31. The molecule has 0 saturated heterocycles. The number of fused-ring (bicyclic) bond motifs is 7. The minimum absolute atomic E-state index is 0.305. The largest absolute Gasteiger partial charge is 0.489 e. The van der Waals surface area contributed by atoms with Crippen LogP contribution in [0.15, 0.2) is 35.0 Å². The number of ether oxygens (including phenoxy) is 2. The van der Waals surface area contributed by atoms with Crippen molar-refractivity contribution in [3.63, 3.8) is 0 Å². The maximum Gasteiger partial charge on any atom is 0.172 e. The van der Waals surface area contributed by atoms with E-state index in [0.717, 1.165) is 53.2 Å². The van der Waals surface area contributed by atoms with Crippen LogP contribution >= 0.6 is 79.7 Å². The highest BCUT2D eigenvalue weighted by Crippen LogP contribution is 2.56. The summed E-state index contributed by atoms with van der Waals surface area (Å²) in [6, 6.07) is 9.55. The van der Waals surface area contributed by atoms with Crippen molar-refractivity contribution in [2.45, 2.75) is 162 Å². The molecule has 0 saturated carbocycles. The normalized spacial score (nSPS) is 14.2. The molecule has 6 nitrogen and oxygen atoms in total. The Morgan fingerprint density at radius 3 is 1.55 bits per heavy atom. The Kier molecular flexibility index (Phi) is 17.1. The minimum atomic E-state index is 0.305. The number of nitrogens with zero attached hydrogens (tertiary/aromatic N) is 4. The monoisotopic (exact) mass is 1070 g/mol. The van der Waals surface area contributed by atoms with E-state index < -0.39 is 0 Å². The lowest BCUT2D eigenvalue weighted by molar-refractivity contribution is 0.232. The second-order valence-electron chi connectivity index (χ2n) is 18.4. The lowest BCUT2D eigenvalue weighted by atomic mass is 9.99. The fourth-order valence-corrected chi connectivity index (χ4v) is 14.9. The first-order chi connectivity index (χ1) is 31.3. The molecule has 0 fully saturated rings. The van der Waals surface area contributed by atoms with Gasteiger partial charge in [0.1, 0.15) is 11.0 Å². The third-order valence-corrected chi connectivity index (χ3v) is 18.7. The molecule has 8 aromatic rings. The van der Waals surface area contributed by atoms with Gasteiger partial charge < -0.3 is 18.6 Å². The van der Waals surface area contributed by atoms with Gasteiger partial charge in [-0.05, 0) is 72.0 Å². The van der Waals surface area contributed by atoms with Crippen molar-refractivity contribution in [2.75, 3.05) is 13.2 Å². The molecule has 12 heteroatoms. The summed E-state index contributed by atoms with van der Waals surface area (Å²) in [5.74, 6) is 3.37. The molecule has 64 heavy (non-hydrogen) atoms. The first-order valence-corrected chi connectivity index (χ1v) is 29.9. The minimum Gasteiger partial charge on any atom is -0.489 e. The number of hydrogen-bond donors (Lipinski definition) is 0. The number of rotatable bonds is 27. The van der Waals surface area contributed by atoms with Crippen LogP contribution < -0.4 is 9.47 Å². The van der Waals surface area contributed by atoms with Crippen molar-refractivity contribution in [1.82, 2.24) is 17.9 Å². The standard InChI is InChI=1S/C52H69IN4O2S5/c1-8-13-16-17-18-19-20-33(6)31-58-47-43(41-27-39-51(62-41)49-37(23-25-60-49)56(39)29-35(11-4)21-14-9-2)45-46(55-64-54-45)44(48(47)59-32-34(7)53)42-28-40-52(63-42)50-38(24-26-61-50)57(40)30-36(12-5)22-15-10-3/h23-28,33-36H,8-22,29-32H2,1-7H3. The fraction of sp³-hybridized carbons (Fsp3) is 0.577. The summed E-state index contributed by atoms with van der Waals surface area (Å²) < 4.78 is 35.9. The van der Waals surface area contributed by atoms with Gasteiger partial charge in [-0.25, -0.2) is 0 Å². The van der Waals surface area contributed by atoms with Crippen LogP contribution in [0.4, 0.5) is 0 Å². The summed E-state index contributed by atoms with van der Waals surface area (Å²) in [7, 11) is 0. The molecule has 0 aliphatic rings. The van der Waals surface area contributed by atoms with Crippen LogP contribution in [0.25, 0.3) is 72.8 Å². The first kappa shape index (κ1) is 48.2. The fourth-order valence-electron chi connectivity index (χ4n) is 9.58. The Morgan fingerprint density at radius 2 is 1.06 bits per heavy atom. The van der Waals surface area contributed by atoms with E-state index in [-0.39, 0.29) is 0 Å². The number of unbranched alkanes of at least 4 members (excludes halogenated alkanes) is 7. The van der Waals surface area contributed by atoms with Crippen molar-refractivity contribution in [2.24, 2.45) is 17.8 Å². The Bertz CT molecular complexity index is 2730. The van der Waals surface area contributed by atoms with Gasteiger partial charge in [0.15, 0.2) is 11.5 Å². The Morgan fingerprint density at radius 1 is 0.578 bits per heavy atom. The smallest absolute Gasteiger partial charge is 0.172 e. The van der Waals surface area contributed by atoms with E-state index >= 15 is 0 Å². The van der Waals surface area contributed by atoms with E-state index in [1.807, 2.05) is 45.3 Å². The topological polar surface area (TPSA) is 54.1 Å². The van der Waals surface area contributed by atoms with Crippen LogP contribution in [-0.4, -0.2) is 35.0 Å². The quantitative estimate of drug-likeness (QED) is 0.0293. The van der Waals surface area contributed by atoms with Gasteiger partial charge in [0.2, 0.25) is 0 Å². The SMILES string of the molecule is CCCCCCCCC(C)COc1c(OCC(C)I)c(-c2cc3c(s2)c2sccc2n3CC(CC)CCCC)c2nsnc2c1-c1cc2c(s1)c1sccc1n2CC(CC)CCCC. The summed E-state index contributed by atoms with van der Waals surface area (Å²) >= 11 is 11.3. The average Bonchev–Trinajstić information content (AvgIpc) is 4.16. The first-order valence-electron chi connectivity index (χ1n) is 24.5. The van der Waals surface area contributed by atoms with E-state index in [1.54, 1.807) is 0 Å². The van der Waals surface area contributed by atoms with Crippen LogP contribution in [0.5, 0.6) is 11.5 Å². The second-order valence-corrected chi connectivity index (χ2v) is 25.0. The molecule has 7 heterocycles. The molecule has 4 atom stereocenters. The van der Waals surface area contributed by atoms with Crippen molar-refractivity contribution in [3.8, 4) is 32.4 Å². The highest BCUT2D eigenvalue weighted by atomic mass is 127. The molecule has 0 aliphatic heterocycles. The lowest BCUT2D eigenvalue weighted by Gasteiger charge is -2.22. The third-order valence-electron chi connectivity index (χ3n) is 13.4. The van der Waals surface area contributed by atoms with Crippen LogP contribution in [0.2, 0.25) is 0 Å². The van der Waals surface area contributed by atoms with Crippen LogP contribution in [0.3, 0.4) is 0 Å². The molecule has 4 unspecified atom stereocenters. The molecule has 0 N–H and O–H groups in total. The van der Waals surface area contributed by atoms with E-state index in [4.69, 9.17) is 18.2 Å². The molecule has 8 rings (SSSR count). The Hall–Kier alpha value is -2.23. The zero-order chi connectivity index (χ0) is 44.7. The molecule has 0 aliphatic carbocycles. The molecular weight excluding hydrogens is 1000 g/mol. The van der Waals surface area contributed by atoms with Gasteiger partial charge in [-0.3, -0.25) is 0 Å². The average molecular weight is 1070 g/mol. The van der Waals surface area contributed by atoms with Gasteiger partial charge in [0, 0.05) is 26.8 Å². The van der Waals surface area contributed by atoms with E-state index in [2.05, 4.69) is 115 Å².